The van der Waals surface area contributed by atoms with Crippen LogP contribution in [-0.4, -0.2) is 69.6 Å². The van der Waals surface area contributed by atoms with Gasteiger partial charge in [-0.15, -0.1) is 24.0 Å². The van der Waals surface area contributed by atoms with Gasteiger partial charge in [-0.25, -0.2) is 4.98 Å². The normalized spacial score (nSPS) is 15.0. The number of guanidine groups is 1. The van der Waals surface area contributed by atoms with Crippen LogP contribution in [0.5, 0.6) is 0 Å². The highest BCUT2D eigenvalue weighted by atomic mass is 127. The maximum atomic E-state index is 5.14. The fourth-order valence-electron chi connectivity index (χ4n) is 2.75. The zero-order chi connectivity index (χ0) is 18.4. The highest BCUT2D eigenvalue weighted by Gasteiger charge is 2.22. The predicted molar refractivity (Wildman–Crippen MR) is 117 cm³/mol. The van der Waals surface area contributed by atoms with Gasteiger partial charge in [0.2, 0.25) is 11.0 Å². The molecule has 3 rings (SSSR count). The fraction of sp³-hybridized carbons (Fsp3) is 0.688. The molecule has 0 unspecified atom stereocenters. The Hall–Kier alpha value is -1.50. The second-order valence-corrected chi connectivity index (χ2v) is 6.77. The van der Waals surface area contributed by atoms with Crippen molar-refractivity contribution in [3.8, 4) is 0 Å². The van der Waals surface area contributed by atoms with Crippen LogP contribution in [-0.2, 0) is 12.8 Å². The van der Waals surface area contributed by atoms with Crippen molar-refractivity contribution in [1.82, 2.24) is 29.7 Å². The molecule has 9 nitrogen and oxygen atoms in total. The molecule has 0 aromatic carbocycles. The third kappa shape index (κ3) is 5.99. The summed E-state index contributed by atoms with van der Waals surface area (Å²) in [6, 6.07) is 0. The highest BCUT2D eigenvalue weighted by molar-refractivity contribution is 14.0. The van der Waals surface area contributed by atoms with Crippen molar-refractivity contribution in [1.29, 1.82) is 0 Å². The van der Waals surface area contributed by atoms with Gasteiger partial charge in [-0.05, 0) is 13.8 Å². The predicted octanol–water partition coefficient (Wildman–Crippen LogP) is 1.74. The van der Waals surface area contributed by atoms with Crippen molar-refractivity contribution < 1.29 is 4.52 Å². The molecule has 3 heterocycles. The van der Waals surface area contributed by atoms with Crippen molar-refractivity contribution in [3.05, 3.63) is 17.5 Å². The van der Waals surface area contributed by atoms with E-state index in [9.17, 15) is 0 Å². The molecular weight excluding hydrogens is 479 g/mol. The molecule has 1 fully saturated rings. The number of aromatic nitrogens is 4. The van der Waals surface area contributed by atoms with Gasteiger partial charge in [-0.2, -0.15) is 9.36 Å². The van der Waals surface area contributed by atoms with Gasteiger partial charge in [0.25, 0.3) is 0 Å². The summed E-state index contributed by atoms with van der Waals surface area (Å²) in [4.78, 5) is 18.1. The molecule has 150 valence electrons. The molecule has 1 saturated heterocycles. The minimum Gasteiger partial charge on any atom is -0.357 e. The molecule has 27 heavy (non-hydrogen) atoms. The number of hydrogen-bond donors (Lipinski definition) is 1. The number of nitrogens with one attached hydrogen (secondary N) is 1. The van der Waals surface area contributed by atoms with Crippen molar-refractivity contribution in [3.63, 3.8) is 0 Å². The van der Waals surface area contributed by atoms with E-state index >= 15 is 0 Å². The molecule has 0 amide bonds. The summed E-state index contributed by atoms with van der Waals surface area (Å²) in [6.45, 7) is 11.1. The molecule has 0 bridgehead atoms. The van der Waals surface area contributed by atoms with E-state index in [1.165, 1.54) is 11.5 Å². The Morgan fingerprint density at radius 2 is 2.00 bits per heavy atom. The van der Waals surface area contributed by atoms with Crippen LogP contribution in [0.1, 0.15) is 31.4 Å². The summed E-state index contributed by atoms with van der Waals surface area (Å²) in [5.74, 6) is 3.17. The van der Waals surface area contributed by atoms with Crippen LogP contribution in [0.4, 0.5) is 5.13 Å². The number of aryl methyl sites for hydroxylation is 2. The molecule has 0 saturated carbocycles. The Morgan fingerprint density at radius 3 is 2.59 bits per heavy atom. The van der Waals surface area contributed by atoms with Gasteiger partial charge >= 0.3 is 0 Å². The first kappa shape index (κ1) is 21.8. The van der Waals surface area contributed by atoms with Gasteiger partial charge < -0.3 is 19.6 Å². The number of halogens is 1. The summed E-state index contributed by atoms with van der Waals surface area (Å²) < 4.78 is 9.53. The van der Waals surface area contributed by atoms with Gasteiger partial charge in [0, 0.05) is 57.1 Å². The lowest BCUT2D eigenvalue weighted by Gasteiger charge is -2.36. The van der Waals surface area contributed by atoms with Crippen LogP contribution < -0.4 is 10.2 Å². The molecule has 11 heteroatoms. The van der Waals surface area contributed by atoms with E-state index in [0.29, 0.717) is 24.7 Å². The lowest BCUT2D eigenvalue weighted by Crippen LogP contribution is -2.52. The molecule has 2 aromatic heterocycles. The number of anilines is 1. The van der Waals surface area contributed by atoms with Crippen LogP contribution in [0.2, 0.25) is 0 Å². The average molecular weight is 506 g/mol. The van der Waals surface area contributed by atoms with Crippen LogP contribution >= 0.6 is 35.5 Å². The number of nitrogens with zero attached hydrogens (tertiary/aromatic N) is 7. The molecule has 0 radical (unpaired) electrons. The van der Waals surface area contributed by atoms with Gasteiger partial charge in [-0.1, -0.05) is 12.1 Å². The second kappa shape index (κ2) is 10.7. The molecule has 1 aliphatic heterocycles. The van der Waals surface area contributed by atoms with E-state index in [4.69, 9.17) is 9.52 Å². The van der Waals surface area contributed by atoms with Crippen LogP contribution in [0.15, 0.2) is 9.52 Å². The molecule has 0 spiro atoms. The van der Waals surface area contributed by atoms with Crippen LogP contribution in [0.3, 0.4) is 0 Å². The zero-order valence-electron chi connectivity index (χ0n) is 16.0. The van der Waals surface area contributed by atoms with Crippen LogP contribution in [0, 0.1) is 6.92 Å². The Kier molecular flexibility index (Phi) is 8.67. The van der Waals surface area contributed by atoms with Crippen LogP contribution in [0.25, 0.3) is 0 Å². The van der Waals surface area contributed by atoms with E-state index in [2.05, 4.69) is 48.5 Å². The first-order chi connectivity index (χ1) is 12.7. The quantitative estimate of drug-likeness (QED) is 0.360. The SMILES string of the molecule is CCNC(=NCCc1nc(C)no1)N1CCN(c2nc(CC)ns2)CC1.I. The van der Waals surface area contributed by atoms with Crippen molar-refractivity contribution in [2.75, 3.05) is 44.2 Å². The van der Waals surface area contributed by atoms with E-state index in [1.54, 1.807) is 0 Å². The molecule has 1 N–H and O–H groups in total. The number of rotatable bonds is 6. The summed E-state index contributed by atoms with van der Waals surface area (Å²) in [6.07, 6.45) is 1.54. The first-order valence-corrected chi connectivity index (χ1v) is 9.87. The van der Waals surface area contributed by atoms with Crippen molar-refractivity contribution in [2.45, 2.75) is 33.6 Å². The summed E-state index contributed by atoms with van der Waals surface area (Å²) in [7, 11) is 0. The maximum Gasteiger partial charge on any atom is 0.228 e. The lowest BCUT2D eigenvalue weighted by atomic mass is 10.3. The number of aliphatic imine (C=N–C) groups is 1. The highest BCUT2D eigenvalue weighted by Crippen LogP contribution is 2.19. The summed E-state index contributed by atoms with van der Waals surface area (Å²) in [5.41, 5.74) is 0. The molecular formula is C16H27IN8OS. The van der Waals surface area contributed by atoms with Crippen molar-refractivity contribution >= 4 is 46.6 Å². The van der Waals surface area contributed by atoms with E-state index < -0.39 is 0 Å². The minimum absolute atomic E-state index is 0. The lowest BCUT2D eigenvalue weighted by molar-refractivity contribution is 0.368. The van der Waals surface area contributed by atoms with E-state index in [-0.39, 0.29) is 24.0 Å². The first-order valence-electron chi connectivity index (χ1n) is 9.09. The second-order valence-electron chi connectivity index (χ2n) is 6.04. The number of hydrogen-bond acceptors (Lipinski definition) is 8. The maximum absolute atomic E-state index is 5.14. The third-order valence-corrected chi connectivity index (χ3v) is 4.93. The third-order valence-electron chi connectivity index (χ3n) is 4.12. The Labute approximate surface area is 180 Å². The summed E-state index contributed by atoms with van der Waals surface area (Å²) >= 11 is 1.49. The van der Waals surface area contributed by atoms with Gasteiger partial charge in [0.05, 0.1) is 6.54 Å². The topological polar surface area (TPSA) is 95.6 Å². The summed E-state index contributed by atoms with van der Waals surface area (Å²) in [5, 5.41) is 8.21. The molecule has 0 atom stereocenters. The minimum atomic E-state index is 0. The van der Waals surface area contributed by atoms with Gasteiger partial charge in [0.1, 0.15) is 5.82 Å². The van der Waals surface area contributed by atoms with E-state index in [0.717, 1.165) is 56.1 Å². The van der Waals surface area contributed by atoms with Gasteiger partial charge in [-0.3, -0.25) is 4.99 Å². The van der Waals surface area contributed by atoms with E-state index in [1.807, 2.05) is 6.92 Å². The monoisotopic (exact) mass is 506 g/mol. The molecule has 2 aromatic rings. The Morgan fingerprint density at radius 1 is 1.22 bits per heavy atom. The molecule has 1 aliphatic rings. The zero-order valence-corrected chi connectivity index (χ0v) is 19.2. The Balaban J connectivity index is 0.00000261. The van der Waals surface area contributed by atoms with Gasteiger partial charge in [0.15, 0.2) is 11.8 Å². The standard InChI is InChI=1S/C16H26N8OS.HI/c1-4-13-20-16(26-22-13)24-10-8-23(9-11-24)15(17-5-2)18-7-6-14-19-12(3)21-25-14;/h4-11H2,1-3H3,(H,17,18);1H. The Bertz CT molecular complexity index is 726. The van der Waals surface area contributed by atoms with Crippen molar-refractivity contribution in [2.24, 2.45) is 4.99 Å². The fourth-order valence-corrected chi connectivity index (χ4v) is 3.55. The smallest absolute Gasteiger partial charge is 0.228 e. The number of piperazine rings is 1. The average Bonchev–Trinajstić information content (AvgIpc) is 3.30. The molecule has 0 aliphatic carbocycles. The largest absolute Gasteiger partial charge is 0.357 e.